The zero-order chi connectivity index (χ0) is 13.0. The van der Waals surface area contributed by atoms with Crippen LogP contribution in [0.25, 0.3) is 0 Å². The van der Waals surface area contributed by atoms with Gasteiger partial charge < -0.3 is 11.1 Å². The molecule has 0 bridgehead atoms. The second kappa shape index (κ2) is 5.98. The zero-order valence-electron chi connectivity index (χ0n) is 10.8. The molecule has 1 aliphatic rings. The molecule has 3 N–H and O–H groups in total. The highest BCUT2D eigenvalue weighted by Crippen LogP contribution is 2.13. The molecule has 0 saturated carbocycles. The fourth-order valence-corrected chi connectivity index (χ4v) is 2.27. The monoisotopic (exact) mass is 247 g/mol. The molecular formula is C14H21N3O. The van der Waals surface area contributed by atoms with E-state index in [0.29, 0.717) is 0 Å². The highest BCUT2D eigenvalue weighted by atomic mass is 16.2. The van der Waals surface area contributed by atoms with Crippen LogP contribution < -0.4 is 11.1 Å². The summed E-state index contributed by atoms with van der Waals surface area (Å²) in [5.41, 5.74) is 6.86. The molecule has 1 fully saturated rings. The van der Waals surface area contributed by atoms with Gasteiger partial charge in [0.2, 0.25) is 5.91 Å². The van der Waals surface area contributed by atoms with Gasteiger partial charge in [-0.2, -0.15) is 0 Å². The highest BCUT2D eigenvalue weighted by molar-refractivity contribution is 5.81. The van der Waals surface area contributed by atoms with Crippen LogP contribution in [0.4, 0.5) is 0 Å². The maximum absolute atomic E-state index is 11.5. The molecule has 2 rings (SSSR count). The lowest BCUT2D eigenvalue weighted by Crippen LogP contribution is -2.44. The van der Waals surface area contributed by atoms with E-state index in [2.05, 4.69) is 34.5 Å². The number of nitrogens with two attached hydrogens (primary N) is 1. The summed E-state index contributed by atoms with van der Waals surface area (Å²) in [6, 6.07) is 10.2. The average molecular weight is 247 g/mol. The Morgan fingerprint density at radius 1 is 1.50 bits per heavy atom. The lowest BCUT2D eigenvalue weighted by molar-refractivity contribution is -0.122. The first-order valence-electron chi connectivity index (χ1n) is 6.47. The average Bonchev–Trinajstić information content (AvgIpc) is 2.77. The number of hydrogen-bond acceptors (Lipinski definition) is 3. The van der Waals surface area contributed by atoms with Crippen LogP contribution in [-0.2, 0) is 11.3 Å². The Kier molecular flexibility index (Phi) is 4.33. The largest absolute Gasteiger partial charge is 0.351 e. The highest BCUT2D eigenvalue weighted by Gasteiger charge is 2.24. The quantitative estimate of drug-likeness (QED) is 0.824. The molecule has 0 aromatic heterocycles. The summed E-state index contributed by atoms with van der Waals surface area (Å²) in [6.45, 7) is 4.60. The van der Waals surface area contributed by atoms with E-state index in [0.717, 1.165) is 26.1 Å². The minimum absolute atomic E-state index is 0.0541. The lowest BCUT2D eigenvalue weighted by Gasteiger charge is -2.17. The van der Waals surface area contributed by atoms with Gasteiger partial charge >= 0.3 is 0 Å². The number of carbonyl (C=O) groups excluding carboxylic acids is 1. The van der Waals surface area contributed by atoms with Crippen LogP contribution in [0.2, 0.25) is 0 Å². The first kappa shape index (κ1) is 13.1. The number of hydrogen-bond donors (Lipinski definition) is 2. The summed E-state index contributed by atoms with van der Waals surface area (Å²) in [7, 11) is 0. The number of carbonyl (C=O) groups is 1. The Morgan fingerprint density at radius 3 is 2.89 bits per heavy atom. The Bertz CT molecular complexity index is 391. The van der Waals surface area contributed by atoms with Gasteiger partial charge in [0.15, 0.2) is 0 Å². The Hall–Kier alpha value is -1.39. The first-order valence-corrected chi connectivity index (χ1v) is 6.47. The van der Waals surface area contributed by atoms with Gasteiger partial charge in [0.25, 0.3) is 0 Å². The van der Waals surface area contributed by atoms with Crippen molar-refractivity contribution >= 4 is 5.91 Å². The van der Waals surface area contributed by atoms with E-state index < -0.39 is 6.04 Å². The fourth-order valence-electron chi connectivity index (χ4n) is 2.27. The molecule has 1 aromatic carbocycles. The molecule has 1 aliphatic heterocycles. The number of benzene rings is 1. The standard InChI is InChI=1S/C14H21N3O/c1-11(15)14(18)16-13-7-8-17(10-13)9-12-5-3-2-4-6-12/h2-6,11,13H,7-10,15H2,1H3,(H,16,18)/t11?,13-/m0/s1. The fraction of sp³-hybridized carbons (Fsp3) is 0.500. The summed E-state index contributed by atoms with van der Waals surface area (Å²) >= 11 is 0. The molecule has 0 spiro atoms. The van der Waals surface area contributed by atoms with E-state index in [1.54, 1.807) is 6.92 Å². The predicted molar refractivity (Wildman–Crippen MR) is 71.9 cm³/mol. The van der Waals surface area contributed by atoms with Gasteiger partial charge in [0.05, 0.1) is 6.04 Å². The van der Waals surface area contributed by atoms with Crippen LogP contribution >= 0.6 is 0 Å². The van der Waals surface area contributed by atoms with Crippen LogP contribution in [-0.4, -0.2) is 36.0 Å². The Labute approximate surface area is 108 Å². The smallest absolute Gasteiger partial charge is 0.236 e. The predicted octanol–water partition coefficient (Wildman–Crippen LogP) is 0.724. The molecule has 1 amide bonds. The topological polar surface area (TPSA) is 58.4 Å². The van der Waals surface area contributed by atoms with Crippen molar-refractivity contribution in [1.82, 2.24) is 10.2 Å². The number of likely N-dealkylation sites (tertiary alicyclic amines) is 1. The lowest BCUT2D eigenvalue weighted by atomic mass is 10.2. The van der Waals surface area contributed by atoms with Gasteiger partial charge in [-0.1, -0.05) is 30.3 Å². The summed E-state index contributed by atoms with van der Waals surface area (Å²) in [5.74, 6) is -0.0541. The summed E-state index contributed by atoms with van der Waals surface area (Å²) in [4.78, 5) is 13.9. The molecule has 1 aromatic rings. The van der Waals surface area contributed by atoms with Crippen LogP contribution in [0.5, 0.6) is 0 Å². The molecule has 4 nitrogen and oxygen atoms in total. The van der Waals surface area contributed by atoms with Crippen molar-refractivity contribution < 1.29 is 4.79 Å². The second-order valence-corrected chi connectivity index (χ2v) is 5.00. The van der Waals surface area contributed by atoms with E-state index in [1.807, 2.05) is 6.07 Å². The van der Waals surface area contributed by atoms with Crippen molar-refractivity contribution in [3.05, 3.63) is 35.9 Å². The van der Waals surface area contributed by atoms with Crippen LogP contribution in [0.15, 0.2) is 30.3 Å². The minimum Gasteiger partial charge on any atom is -0.351 e. The maximum Gasteiger partial charge on any atom is 0.236 e. The Balaban J connectivity index is 1.80. The van der Waals surface area contributed by atoms with Gasteiger partial charge in [-0.15, -0.1) is 0 Å². The van der Waals surface area contributed by atoms with E-state index in [4.69, 9.17) is 5.73 Å². The molecule has 0 radical (unpaired) electrons. The van der Waals surface area contributed by atoms with Gasteiger partial charge in [0.1, 0.15) is 0 Å². The van der Waals surface area contributed by atoms with Gasteiger partial charge in [-0.25, -0.2) is 0 Å². The summed E-state index contributed by atoms with van der Waals surface area (Å²) in [6.07, 6.45) is 1.01. The molecular weight excluding hydrogens is 226 g/mol. The van der Waals surface area contributed by atoms with E-state index in [-0.39, 0.29) is 11.9 Å². The van der Waals surface area contributed by atoms with Gasteiger partial charge in [0, 0.05) is 25.7 Å². The first-order chi connectivity index (χ1) is 8.65. The SMILES string of the molecule is CC(N)C(=O)N[C@H]1CCN(Cc2ccccc2)C1. The second-order valence-electron chi connectivity index (χ2n) is 5.00. The van der Waals surface area contributed by atoms with Crippen molar-refractivity contribution in [2.24, 2.45) is 5.73 Å². The van der Waals surface area contributed by atoms with Crippen LogP contribution in [0.1, 0.15) is 18.9 Å². The molecule has 4 heteroatoms. The number of rotatable bonds is 4. The molecule has 18 heavy (non-hydrogen) atoms. The maximum atomic E-state index is 11.5. The van der Waals surface area contributed by atoms with E-state index >= 15 is 0 Å². The number of amides is 1. The van der Waals surface area contributed by atoms with Crippen molar-refractivity contribution in [2.75, 3.05) is 13.1 Å². The molecule has 98 valence electrons. The van der Waals surface area contributed by atoms with Gasteiger partial charge in [-0.05, 0) is 18.9 Å². The normalized spacial score (nSPS) is 21.8. The molecule has 1 heterocycles. The Morgan fingerprint density at radius 2 is 2.22 bits per heavy atom. The van der Waals surface area contributed by atoms with Crippen molar-refractivity contribution in [2.45, 2.75) is 32.0 Å². The summed E-state index contributed by atoms with van der Waals surface area (Å²) in [5, 5.41) is 2.99. The third kappa shape index (κ3) is 3.55. The summed E-state index contributed by atoms with van der Waals surface area (Å²) < 4.78 is 0. The van der Waals surface area contributed by atoms with E-state index in [1.165, 1.54) is 5.56 Å². The molecule has 1 unspecified atom stereocenters. The molecule has 2 atom stereocenters. The van der Waals surface area contributed by atoms with E-state index in [9.17, 15) is 4.79 Å². The zero-order valence-corrected chi connectivity index (χ0v) is 10.8. The van der Waals surface area contributed by atoms with Crippen LogP contribution in [0.3, 0.4) is 0 Å². The molecule has 0 aliphatic carbocycles. The number of nitrogens with one attached hydrogen (secondary N) is 1. The minimum atomic E-state index is -0.423. The third-order valence-corrected chi connectivity index (χ3v) is 3.28. The van der Waals surface area contributed by atoms with Crippen molar-refractivity contribution in [1.29, 1.82) is 0 Å². The molecule has 1 saturated heterocycles. The van der Waals surface area contributed by atoms with Gasteiger partial charge in [-0.3, -0.25) is 9.69 Å². The third-order valence-electron chi connectivity index (χ3n) is 3.28. The van der Waals surface area contributed by atoms with Crippen LogP contribution in [0, 0.1) is 0 Å². The van der Waals surface area contributed by atoms with Crippen molar-refractivity contribution in [3.8, 4) is 0 Å². The number of nitrogens with zero attached hydrogens (tertiary/aromatic N) is 1. The van der Waals surface area contributed by atoms with Crippen molar-refractivity contribution in [3.63, 3.8) is 0 Å².